The highest BCUT2D eigenvalue weighted by Crippen LogP contribution is 2.16. The number of anilines is 1. The number of thioether (sulfide) groups is 1. The minimum absolute atomic E-state index is 0.125. The van der Waals surface area contributed by atoms with Crippen molar-refractivity contribution < 1.29 is 5.11 Å². The summed E-state index contributed by atoms with van der Waals surface area (Å²) in [6.45, 7) is 2.97. The number of hydrogen-bond acceptors (Lipinski definition) is 5. The van der Waals surface area contributed by atoms with Crippen molar-refractivity contribution in [3.63, 3.8) is 0 Å². The van der Waals surface area contributed by atoms with Gasteiger partial charge in [-0.15, -0.1) is 0 Å². The van der Waals surface area contributed by atoms with Crippen molar-refractivity contribution in [3.8, 4) is 0 Å². The number of aliphatic hydroxyl groups excluding tert-OH is 1. The number of aromatic nitrogens is 2. The molecule has 0 unspecified atom stereocenters. The van der Waals surface area contributed by atoms with Crippen molar-refractivity contribution in [3.05, 3.63) is 11.8 Å². The second kappa shape index (κ2) is 5.82. The van der Waals surface area contributed by atoms with Gasteiger partial charge in [-0.1, -0.05) is 11.8 Å². The normalized spacial score (nSPS) is 10.2. The molecule has 0 aliphatic rings. The molecule has 0 fully saturated rings. The van der Waals surface area contributed by atoms with Crippen LogP contribution in [0.25, 0.3) is 0 Å². The lowest BCUT2D eigenvalue weighted by Crippen LogP contribution is -2.06. The van der Waals surface area contributed by atoms with E-state index in [0.29, 0.717) is 6.42 Å². The van der Waals surface area contributed by atoms with E-state index in [1.807, 2.05) is 13.2 Å². The molecule has 1 aromatic heterocycles. The Morgan fingerprint density at radius 1 is 1.57 bits per heavy atom. The first-order chi connectivity index (χ1) is 6.81. The van der Waals surface area contributed by atoms with Gasteiger partial charge in [0.15, 0.2) is 5.16 Å². The number of rotatable bonds is 5. The van der Waals surface area contributed by atoms with Gasteiger partial charge in [-0.2, -0.15) is 0 Å². The second-order valence-electron chi connectivity index (χ2n) is 2.73. The zero-order valence-corrected chi connectivity index (χ0v) is 9.27. The van der Waals surface area contributed by atoms with Crippen LogP contribution in [0.2, 0.25) is 0 Å². The fraction of sp³-hybridized carbons (Fsp3) is 0.556. The van der Waals surface area contributed by atoms with Crippen molar-refractivity contribution in [2.45, 2.75) is 18.5 Å². The Labute approximate surface area is 88.2 Å². The molecular formula is C9H15N3OS. The molecule has 0 aromatic carbocycles. The lowest BCUT2D eigenvalue weighted by atomic mass is 10.2. The molecule has 0 aliphatic carbocycles. The molecule has 1 heterocycles. The first-order valence-corrected chi connectivity index (χ1v) is 5.79. The summed E-state index contributed by atoms with van der Waals surface area (Å²) in [4.78, 5) is 8.49. The molecule has 78 valence electrons. The van der Waals surface area contributed by atoms with E-state index in [0.717, 1.165) is 23.1 Å². The van der Waals surface area contributed by atoms with Crippen LogP contribution in [0.3, 0.4) is 0 Å². The van der Waals surface area contributed by atoms with E-state index < -0.39 is 0 Å². The van der Waals surface area contributed by atoms with Gasteiger partial charge in [0, 0.05) is 31.3 Å². The summed E-state index contributed by atoms with van der Waals surface area (Å²) < 4.78 is 0. The standard InChI is InChI=1S/C9H15N3OS/c1-3-10-8-7(4-5-13)6-11-9(12-8)14-2/h6,13H,3-5H2,1-2H3,(H,10,11,12). The Bertz CT molecular complexity index is 293. The third kappa shape index (κ3) is 2.85. The number of nitrogens with one attached hydrogen (secondary N) is 1. The van der Waals surface area contributed by atoms with E-state index in [1.54, 1.807) is 6.20 Å². The zero-order chi connectivity index (χ0) is 10.4. The largest absolute Gasteiger partial charge is 0.396 e. The molecule has 0 saturated carbocycles. The van der Waals surface area contributed by atoms with Crippen LogP contribution < -0.4 is 5.32 Å². The van der Waals surface area contributed by atoms with E-state index in [-0.39, 0.29) is 6.61 Å². The molecule has 0 amide bonds. The van der Waals surface area contributed by atoms with Crippen LogP contribution in [-0.4, -0.2) is 34.5 Å². The zero-order valence-electron chi connectivity index (χ0n) is 8.45. The van der Waals surface area contributed by atoms with Crippen molar-refractivity contribution in [1.29, 1.82) is 0 Å². The highest BCUT2D eigenvalue weighted by molar-refractivity contribution is 7.98. The van der Waals surface area contributed by atoms with Crippen molar-refractivity contribution in [2.75, 3.05) is 24.7 Å². The van der Waals surface area contributed by atoms with Gasteiger partial charge in [0.1, 0.15) is 5.82 Å². The molecule has 0 bridgehead atoms. The maximum absolute atomic E-state index is 8.85. The van der Waals surface area contributed by atoms with Gasteiger partial charge >= 0.3 is 0 Å². The lowest BCUT2D eigenvalue weighted by molar-refractivity contribution is 0.299. The van der Waals surface area contributed by atoms with Crippen LogP contribution in [0, 0.1) is 0 Å². The Kier molecular flexibility index (Phi) is 4.69. The predicted octanol–water partition coefficient (Wildman–Crippen LogP) is 1.17. The molecule has 0 spiro atoms. The van der Waals surface area contributed by atoms with Crippen molar-refractivity contribution in [2.24, 2.45) is 0 Å². The Morgan fingerprint density at radius 2 is 2.36 bits per heavy atom. The third-order valence-electron chi connectivity index (χ3n) is 1.75. The molecule has 0 saturated heterocycles. The van der Waals surface area contributed by atoms with Crippen LogP contribution in [0.4, 0.5) is 5.82 Å². The monoisotopic (exact) mass is 213 g/mol. The molecule has 1 rings (SSSR count). The maximum atomic E-state index is 8.85. The molecule has 0 atom stereocenters. The van der Waals surface area contributed by atoms with E-state index in [2.05, 4.69) is 15.3 Å². The Morgan fingerprint density at radius 3 is 2.93 bits per heavy atom. The maximum Gasteiger partial charge on any atom is 0.189 e. The molecule has 5 heteroatoms. The lowest BCUT2D eigenvalue weighted by Gasteiger charge is -2.08. The van der Waals surface area contributed by atoms with Gasteiger partial charge in [-0.05, 0) is 13.2 Å². The summed E-state index contributed by atoms with van der Waals surface area (Å²) in [5.74, 6) is 0.834. The molecule has 0 radical (unpaired) electrons. The molecule has 4 nitrogen and oxygen atoms in total. The van der Waals surface area contributed by atoms with Gasteiger partial charge in [0.2, 0.25) is 0 Å². The third-order valence-corrected chi connectivity index (χ3v) is 2.31. The minimum Gasteiger partial charge on any atom is -0.396 e. The smallest absolute Gasteiger partial charge is 0.189 e. The number of aliphatic hydroxyl groups is 1. The van der Waals surface area contributed by atoms with Gasteiger partial charge in [-0.25, -0.2) is 9.97 Å². The van der Waals surface area contributed by atoms with E-state index in [4.69, 9.17) is 5.11 Å². The van der Waals surface area contributed by atoms with Gasteiger partial charge in [0.05, 0.1) is 0 Å². The topological polar surface area (TPSA) is 58.0 Å². The Hall–Kier alpha value is -0.810. The first-order valence-electron chi connectivity index (χ1n) is 4.56. The Balaban J connectivity index is 2.91. The molecule has 1 aromatic rings. The highest BCUT2D eigenvalue weighted by Gasteiger charge is 2.04. The highest BCUT2D eigenvalue weighted by atomic mass is 32.2. The van der Waals surface area contributed by atoms with Crippen LogP contribution in [0.5, 0.6) is 0 Å². The average molecular weight is 213 g/mol. The van der Waals surface area contributed by atoms with E-state index >= 15 is 0 Å². The quantitative estimate of drug-likeness (QED) is 0.568. The number of nitrogens with zero attached hydrogens (tertiary/aromatic N) is 2. The first kappa shape index (κ1) is 11.3. The molecule has 2 N–H and O–H groups in total. The fourth-order valence-electron chi connectivity index (χ4n) is 1.11. The van der Waals surface area contributed by atoms with Crippen LogP contribution in [0.15, 0.2) is 11.4 Å². The fourth-order valence-corrected chi connectivity index (χ4v) is 1.45. The summed E-state index contributed by atoms with van der Waals surface area (Å²) in [6.07, 6.45) is 4.31. The minimum atomic E-state index is 0.125. The van der Waals surface area contributed by atoms with Crippen LogP contribution >= 0.6 is 11.8 Å². The predicted molar refractivity (Wildman–Crippen MR) is 58.8 cm³/mol. The summed E-state index contributed by atoms with van der Waals surface area (Å²) in [6, 6.07) is 0. The molecular weight excluding hydrogens is 198 g/mol. The summed E-state index contributed by atoms with van der Waals surface area (Å²) >= 11 is 1.51. The van der Waals surface area contributed by atoms with E-state index in [1.165, 1.54) is 11.8 Å². The molecule has 0 aliphatic heterocycles. The van der Waals surface area contributed by atoms with Crippen LogP contribution in [-0.2, 0) is 6.42 Å². The summed E-state index contributed by atoms with van der Waals surface area (Å²) in [5, 5.41) is 12.8. The van der Waals surface area contributed by atoms with Gasteiger partial charge < -0.3 is 10.4 Å². The van der Waals surface area contributed by atoms with Crippen molar-refractivity contribution >= 4 is 17.6 Å². The number of hydrogen-bond donors (Lipinski definition) is 2. The van der Waals surface area contributed by atoms with Gasteiger partial charge in [0.25, 0.3) is 0 Å². The SMILES string of the molecule is CCNc1nc(SC)ncc1CCO. The average Bonchev–Trinajstić information content (AvgIpc) is 2.21. The summed E-state index contributed by atoms with van der Waals surface area (Å²) in [5.41, 5.74) is 0.965. The van der Waals surface area contributed by atoms with E-state index in [9.17, 15) is 0 Å². The van der Waals surface area contributed by atoms with Crippen molar-refractivity contribution in [1.82, 2.24) is 9.97 Å². The molecule has 14 heavy (non-hydrogen) atoms. The van der Waals surface area contributed by atoms with Gasteiger partial charge in [-0.3, -0.25) is 0 Å². The van der Waals surface area contributed by atoms with Crippen LogP contribution in [0.1, 0.15) is 12.5 Å². The summed E-state index contributed by atoms with van der Waals surface area (Å²) in [7, 11) is 0. The second-order valence-corrected chi connectivity index (χ2v) is 3.51.